The van der Waals surface area contributed by atoms with Gasteiger partial charge in [0.25, 0.3) is 0 Å². The SMILES string of the molecule is CN(C)c1cccc(/C=C/C2=CC(=C(C#N)C#N)CC(C)(C)C2)c1. The highest BCUT2D eigenvalue weighted by atomic mass is 15.1. The first-order chi connectivity index (χ1) is 11.3. The highest BCUT2D eigenvalue weighted by molar-refractivity contribution is 5.60. The van der Waals surface area contributed by atoms with Gasteiger partial charge >= 0.3 is 0 Å². The second-order valence-electron chi connectivity index (χ2n) is 7.18. The summed E-state index contributed by atoms with van der Waals surface area (Å²) in [5, 5.41) is 18.3. The van der Waals surface area contributed by atoms with E-state index in [4.69, 9.17) is 10.5 Å². The van der Waals surface area contributed by atoms with Crippen LogP contribution in [0.1, 0.15) is 32.3 Å². The van der Waals surface area contributed by atoms with E-state index in [2.05, 4.69) is 49.1 Å². The second-order valence-corrected chi connectivity index (χ2v) is 7.18. The number of nitriles is 2. The van der Waals surface area contributed by atoms with Crippen molar-refractivity contribution in [1.82, 2.24) is 0 Å². The maximum Gasteiger partial charge on any atom is 0.132 e. The summed E-state index contributed by atoms with van der Waals surface area (Å²) in [7, 11) is 4.05. The smallest absolute Gasteiger partial charge is 0.132 e. The summed E-state index contributed by atoms with van der Waals surface area (Å²) in [6.45, 7) is 4.35. The molecule has 1 aliphatic rings. The molecule has 3 nitrogen and oxygen atoms in total. The number of benzene rings is 1. The van der Waals surface area contributed by atoms with Crippen LogP contribution in [0.2, 0.25) is 0 Å². The molecular weight excluding hydrogens is 294 g/mol. The van der Waals surface area contributed by atoms with Crippen molar-refractivity contribution < 1.29 is 0 Å². The Labute approximate surface area is 144 Å². The first kappa shape index (κ1) is 17.6. The first-order valence-electron chi connectivity index (χ1n) is 8.04. The largest absolute Gasteiger partial charge is 0.378 e. The highest BCUT2D eigenvalue weighted by Gasteiger charge is 2.26. The normalized spacial score (nSPS) is 16.2. The zero-order valence-corrected chi connectivity index (χ0v) is 14.8. The maximum atomic E-state index is 9.14. The number of anilines is 1. The van der Waals surface area contributed by atoms with Crippen LogP contribution in [0, 0.1) is 28.1 Å². The summed E-state index contributed by atoms with van der Waals surface area (Å²) in [6.07, 6.45) is 7.89. The molecule has 1 aromatic carbocycles. The van der Waals surface area contributed by atoms with E-state index in [9.17, 15) is 0 Å². The van der Waals surface area contributed by atoms with E-state index in [0.717, 1.165) is 35.2 Å². The van der Waals surface area contributed by atoms with Crippen LogP contribution < -0.4 is 4.90 Å². The molecule has 0 heterocycles. The van der Waals surface area contributed by atoms with Crippen molar-refractivity contribution in [2.24, 2.45) is 5.41 Å². The van der Waals surface area contributed by atoms with E-state index in [1.165, 1.54) is 0 Å². The van der Waals surface area contributed by atoms with Gasteiger partial charge < -0.3 is 4.90 Å². The second kappa shape index (κ2) is 7.20. The molecule has 0 spiro atoms. The van der Waals surface area contributed by atoms with E-state index in [1.807, 2.05) is 38.4 Å². The maximum absolute atomic E-state index is 9.14. The molecule has 0 radical (unpaired) electrons. The van der Waals surface area contributed by atoms with Crippen molar-refractivity contribution in [2.45, 2.75) is 26.7 Å². The molecule has 3 heteroatoms. The molecule has 0 bridgehead atoms. The van der Waals surface area contributed by atoms with Gasteiger partial charge in [-0.1, -0.05) is 44.2 Å². The monoisotopic (exact) mass is 317 g/mol. The molecule has 2 rings (SSSR count). The quantitative estimate of drug-likeness (QED) is 0.748. The third kappa shape index (κ3) is 4.37. The molecule has 0 amide bonds. The van der Waals surface area contributed by atoms with Gasteiger partial charge in [-0.05, 0) is 47.1 Å². The summed E-state index contributed by atoms with van der Waals surface area (Å²) in [5.41, 5.74) is 4.57. The molecule has 0 aliphatic heterocycles. The van der Waals surface area contributed by atoms with E-state index in [0.29, 0.717) is 0 Å². The average molecular weight is 317 g/mol. The Morgan fingerprint density at radius 2 is 1.83 bits per heavy atom. The molecule has 0 fully saturated rings. The lowest BCUT2D eigenvalue weighted by Crippen LogP contribution is -2.17. The number of hydrogen-bond acceptors (Lipinski definition) is 3. The van der Waals surface area contributed by atoms with E-state index in [-0.39, 0.29) is 11.0 Å². The Morgan fingerprint density at radius 3 is 2.46 bits per heavy atom. The van der Waals surface area contributed by atoms with Gasteiger partial charge in [0, 0.05) is 19.8 Å². The van der Waals surface area contributed by atoms with Gasteiger partial charge in [-0.25, -0.2) is 0 Å². The van der Waals surface area contributed by atoms with Gasteiger partial charge in [-0.15, -0.1) is 0 Å². The Morgan fingerprint density at radius 1 is 1.12 bits per heavy atom. The lowest BCUT2D eigenvalue weighted by Gasteiger charge is -2.30. The van der Waals surface area contributed by atoms with Crippen molar-refractivity contribution in [3.05, 3.63) is 58.7 Å². The Hall–Kier alpha value is -2.78. The number of nitrogens with zero attached hydrogens (tertiary/aromatic N) is 3. The molecule has 24 heavy (non-hydrogen) atoms. The van der Waals surface area contributed by atoms with Crippen LogP contribution >= 0.6 is 0 Å². The van der Waals surface area contributed by atoms with Crippen LogP contribution in [-0.2, 0) is 0 Å². The van der Waals surface area contributed by atoms with Crippen LogP contribution in [0.25, 0.3) is 6.08 Å². The Bertz CT molecular complexity index is 777. The Balaban J connectivity index is 2.34. The topological polar surface area (TPSA) is 50.8 Å². The molecule has 0 N–H and O–H groups in total. The fourth-order valence-electron chi connectivity index (χ4n) is 3.00. The number of allylic oxidation sites excluding steroid dienone is 5. The van der Waals surface area contributed by atoms with E-state index >= 15 is 0 Å². The minimum Gasteiger partial charge on any atom is -0.378 e. The van der Waals surface area contributed by atoms with Crippen molar-refractivity contribution in [3.8, 4) is 12.1 Å². The minimum atomic E-state index is 0.0498. The molecular formula is C21H23N3. The molecule has 0 unspecified atom stereocenters. The highest BCUT2D eigenvalue weighted by Crippen LogP contribution is 2.39. The predicted octanol–water partition coefficient (Wildman–Crippen LogP) is 4.86. The lowest BCUT2D eigenvalue weighted by atomic mass is 9.74. The van der Waals surface area contributed by atoms with Crippen LogP contribution in [0.5, 0.6) is 0 Å². The average Bonchev–Trinajstić information content (AvgIpc) is 2.53. The van der Waals surface area contributed by atoms with Gasteiger partial charge in [0.05, 0.1) is 0 Å². The molecule has 0 aromatic heterocycles. The molecule has 0 saturated heterocycles. The van der Waals surface area contributed by atoms with Crippen molar-refractivity contribution in [2.75, 3.05) is 19.0 Å². The molecule has 0 atom stereocenters. The number of rotatable bonds is 3. The van der Waals surface area contributed by atoms with Crippen LogP contribution in [0.3, 0.4) is 0 Å². The molecule has 0 saturated carbocycles. The van der Waals surface area contributed by atoms with E-state index < -0.39 is 0 Å². The fourth-order valence-corrected chi connectivity index (χ4v) is 3.00. The van der Waals surface area contributed by atoms with Crippen molar-refractivity contribution in [1.29, 1.82) is 10.5 Å². The minimum absolute atomic E-state index is 0.0498. The van der Waals surface area contributed by atoms with Crippen molar-refractivity contribution in [3.63, 3.8) is 0 Å². The van der Waals surface area contributed by atoms with Crippen LogP contribution in [0.4, 0.5) is 5.69 Å². The summed E-state index contributed by atoms with van der Waals surface area (Å²) in [6, 6.07) is 12.4. The standard InChI is InChI=1S/C21H23N3/c1-21(2)12-17(10-18(13-21)19(14-22)15-23)9-8-16-6-5-7-20(11-16)24(3)4/h5-11H,12-13H2,1-4H3/b9-8+. The van der Waals surface area contributed by atoms with Gasteiger partial charge in [0.15, 0.2) is 0 Å². The first-order valence-corrected chi connectivity index (χ1v) is 8.04. The van der Waals surface area contributed by atoms with Crippen LogP contribution in [0.15, 0.2) is 53.1 Å². The fraction of sp³-hybridized carbons (Fsp3) is 0.333. The van der Waals surface area contributed by atoms with Gasteiger partial charge in [-0.3, -0.25) is 0 Å². The summed E-state index contributed by atoms with van der Waals surface area (Å²) in [4.78, 5) is 2.08. The summed E-state index contributed by atoms with van der Waals surface area (Å²) in [5.74, 6) is 0. The zero-order valence-electron chi connectivity index (χ0n) is 14.8. The van der Waals surface area contributed by atoms with Gasteiger partial charge in [-0.2, -0.15) is 10.5 Å². The predicted molar refractivity (Wildman–Crippen MR) is 99.2 cm³/mol. The van der Waals surface area contributed by atoms with Crippen LogP contribution in [-0.4, -0.2) is 14.1 Å². The molecule has 1 aromatic rings. The van der Waals surface area contributed by atoms with Gasteiger partial charge in [0.2, 0.25) is 0 Å². The van der Waals surface area contributed by atoms with Crippen molar-refractivity contribution >= 4 is 11.8 Å². The van der Waals surface area contributed by atoms with Gasteiger partial charge in [0.1, 0.15) is 17.7 Å². The third-order valence-electron chi connectivity index (χ3n) is 4.13. The van der Waals surface area contributed by atoms with E-state index in [1.54, 1.807) is 0 Å². The summed E-state index contributed by atoms with van der Waals surface area (Å²) < 4.78 is 0. The zero-order chi connectivity index (χ0) is 17.7. The number of hydrogen-bond donors (Lipinski definition) is 0. The third-order valence-corrected chi connectivity index (χ3v) is 4.13. The molecule has 1 aliphatic carbocycles. The molecule has 122 valence electrons. The lowest BCUT2D eigenvalue weighted by molar-refractivity contribution is 0.354. The Kier molecular flexibility index (Phi) is 5.27. The summed E-state index contributed by atoms with van der Waals surface area (Å²) >= 11 is 0.